The SMILES string of the molecule is CC(C)(C)c1ccc(N2c3ccc(C(C)(C)C)cc3B3c4c2cc(-c2c(-n5c6ccc(C(C)(C)C)cc6c6cc(C(C)(C)C)ccc65)cccc2-n2c5ccc(C(C)(C)C)cc5c5cc(C(C)(C)C)ccc52)cc4-n2c4ccc(-c5ccccc5-c5ccccc5)cc4c4c5c6ccccc6c6ccccc6c5cc3c42)cc1. The smallest absolute Gasteiger partial charge is 0.252 e. The Hall–Kier alpha value is -11.7. The van der Waals surface area contributed by atoms with Crippen LogP contribution < -0.4 is 21.3 Å². The van der Waals surface area contributed by atoms with E-state index in [0.29, 0.717) is 0 Å². The summed E-state index contributed by atoms with van der Waals surface area (Å²) in [6, 6.07) is 108. The van der Waals surface area contributed by atoms with E-state index in [1.807, 2.05) is 0 Å². The van der Waals surface area contributed by atoms with E-state index in [9.17, 15) is 0 Å². The molecule has 0 N–H and O–H groups in total. The summed E-state index contributed by atoms with van der Waals surface area (Å²) in [5.41, 5.74) is 32.3. The number of anilines is 3. The number of hydrogen-bond donors (Lipinski definition) is 0. The highest BCUT2D eigenvalue weighted by Crippen LogP contribution is 2.53. The minimum absolute atomic E-state index is 0.0680. The first kappa shape index (κ1) is 70.5. The Morgan fingerprint density at radius 2 is 0.637 bits per heavy atom. The molecule has 5 heteroatoms. The van der Waals surface area contributed by atoms with Gasteiger partial charge >= 0.3 is 0 Å². The number of hydrogen-bond acceptors (Lipinski definition) is 1. The van der Waals surface area contributed by atoms with Gasteiger partial charge in [0.25, 0.3) is 6.71 Å². The van der Waals surface area contributed by atoms with Gasteiger partial charge in [-0.2, -0.15) is 0 Å². The zero-order chi connectivity index (χ0) is 78.2. The summed E-state index contributed by atoms with van der Waals surface area (Å²) >= 11 is 0. The van der Waals surface area contributed by atoms with Gasteiger partial charge in [-0.25, -0.2) is 0 Å². The molecule has 0 aliphatic carbocycles. The molecule has 0 saturated heterocycles. The summed E-state index contributed by atoms with van der Waals surface area (Å²) in [5, 5.41) is 15.1. The molecule has 0 fully saturated rings. The van der Waals surface area contributed by atoms with Gasteiger partial charge in [-0.05, 0) is 240 Å². The highest BCUT2D eigenvalue weighted by molar-refractivity contribution is 7.00. The maximum atomic E-state index is 2.75. The Morgan fingerprint density at radius 3 is 1.14 bits per heavy atom. The molecular formula is C108H99BN4. The van der Waals surface area contributed by atoms with E-state index in [0.717, 1.165) is 28.2 Å². The Balaban J connectivity index is 1.00. The maximum Gasteiger partial charge on any atom is 0.252 e. The van der Waals surface area contributed by atoms with E-state index in [-0.39, 0.29) is 39.2 Å². The molecule has 20 rings (SSSR count). The van der Waals surface area contributed by atoms with Gasteiger partial charge < -0.3 is 18.6 Å². The van der Waals surface area contributed by atoms with Crippen LogP contribution in [0.4, 0.5) is 17.1 Å². The normalized spacial score (nSPS) is 13.5. The van der Waals surface area contributed by atoms with Gasteiger partial charge in [-0.15, -0.1) is 0 Å². The van der Waals surface area contributed by atoms with Gasteiger partial charge in [0.2, 0.25) is 0 Å². The second-order valence-corrected chi connectivity index (χ2v) is 39.0. The molecule has 0 amide bonds. The van der Waals surface area contributed by atoms with E-state index in [1.165, 1.54) is 187 Å². The van der Waals surface area contributed by atoms with Crippen LogP contribution in [0.25, 0.3) is 148 Å². The molecule has 0 radical (unpaired) electrons. The highest BCUT2D eigenvalue weighted by Gasteiger charge is 2.45. The van der Waals surface area contributed by atoms with Crippen LogP contribution in [0.5, 0.6) is 0 Å². The minimum atomic E-state index is -0.198. The van der Waals surface area contributed by atoms with Crippen molar-refractivity contribution in [2.24, 2.45) is 0 Å². The van der Waals surface area contributed by atoms with Crippen molar-refractivity contribution in [3.05, 3.63) is 306 Å². The topological polar surface area (TPSA) is 18.0 Å². The van der Waals surface area contributed by atoms with Crippen LogP contribution in [0.2, 0.25) is 0 Å². The molecule has 3 aromatic heterocycles. The summed E-state index contributed by atoms with van der Waals surface area (Å²) in [6.07, 6.45) is 0. The molecule has 0 atom stereocenters. The monoisotopic (exact) mass is 1460 g/mol. The summed E-state index contributed by atoms with van der Waals surface area (Å²) in [4.78, 5) is 2.66. The lowest BCUT2D eigenvalue weighted by molar-refractivity contribution is 0.590. The van der Waals surface area contributed by atoms with E-state index >= 15 is 0 Å². The summed E-state index contributed by atoms with van der Waals surface area (Å²) in [7, 11) is 0. The molecule has 0 unspecified atom stereocenters. The Morgan fingerprint density at radius 1 is 0.230 bits per heavy atom. The second kappa shape index (κ2) is 24.4. The molecule has 2 aliphatic heterocycles. The minimum Gasteiger partial charge on any atom is -0.311 e. The number of benzene rings is 15. The molecule has 113 heavy (non-hydrogen) atoms. The van der Waals surface area contributed by atoms with Crippen LogP contribution in [-0.4, -0.2) is 20.4 Å². The average Bonchev–Trinajstić information content (AvgIpc) is 1.57. The van der Waals surface area contributed by atoms with E-state index in [4.69, 9.17) is 0 Å². The van der Waals surface area contributed by atoms with Crippen LogP contribution >= 0.6 is 0 Å². The highest BCUT2D eigenvalue weighted by atomic mass is 15.2. The fourth-order valence-electron chi connectivity index (χ4n) is 19.4. The van der Waals surface area contributed by atoms with Crippen LogP contribution in [0.3, 0.4) is 0 Å². The molecule has 4 nitrogen and oxygen atoms in total. The number of nitrogens with zero attached hydrogens (tertiary/aromatic N) is 4. The zero-order valence-electron chi connectivity index (χ0n) is 68.8. The van der Waals surface area contributed by atoms with Crippen LogP contribution in [0.15, 0.2) is 273 Å². The van der Waals surface area contributed by atoms with Crippen molar-refractivity contribution < 1.29 is 0 Å². The lowest BCUT2D eigenvalue weighted by Crippen LogP contribution is -2.60. The van der Waals surface area contributed by atoms with Gasteiger partial charge in [0.05, 0.1) is 44.5 Å². The molecule has 15 aromatic carbocycles. The first-order valence-electron chi connectivity index (χ1n) is 40.9. The summed E-state index contributed by atoms with van der Waals surface area (Å²) < 4.78 is 8.03. The molecule has 0 spiro atoms. The largest absolute Gasteiger partial charge is 0.311 e. The van der Waals surface area contributed by atoms with Gasteiger partial charge in [0.1, 0.15) is 0 Å². The average molecular weight is 1460 g/mol. The van der Waals surface area contributed by atoms with E-state index in [1.54, 1.807) is 0 Å². The molecule has 0 bridgehead atoms. The van der Waals surface area contributed by atoms with E-state index in [2.05, 4.69) is 416 Å². The maximum absolute atomic E-state index is 2.75. The van der Waals surface area contributed by atoms with Crippen LogP contribution in [0.1, 0.15) is 158 Å². The summed E-state index contributed by atoms with van der Waals surface area (Å²) in [6.45, 7) is 42.2. The van der Waals surface area contributed by atoms with Crippen molar-refractivity contribution >= 4 is 138 Å². The lowest BCUT2D eigenvalue weighted by Gasteiger charge is -2.41. The van der Waals surface area contributed by atoms with Crippen molar-refractivity contribution in [3.63, 3.8) is 0 Å². The third-order valence-corrected chi connectivity index (χ3v) is 25.5. The predicted molar refractivity (Wildman–Crippen MR) is 490 cm³/mol. The second-order valence-electron chi connectivity index (χ2n) is 39.0. The third-order valence-electron chi connectivity index (χ3n) is 25.5. The van der Waals surface area contributed by atoms with Crippen molar-refractivity contribution in [2.45, 2.75) is 157 Å². The van der Waals surface area contributed by atoms with Crippen LogP contribution in [0, 0.1) is 0 Å². The molecule has 18 aromatic rings. The first-order chi connectivity index (χ1) is 53.9. The van der Waals surface area contributed by atoms with Crippen molar-refractivity contribution in [1.29, 1.82) is 0 Å². The fraction of sp³-hybridized carbons (Fsp3) is 0.222. The molecule has 554 valence electrons. The zero-order valence-corrected chi connectivity index (χ0v) is 68.8. The third kappa shape index (κ3) is 10.8. The lowest BCUT2D eigenvalue weighted by atomic mass is 9.33. The van der Waals surface area contributed by atoms with Crippen molar-refractivity contribution in [2.75, 3.05) is 4.90 Å². The Kier molecular flexibility index (Phi) is 15.2. The Labute approximate surface area is 666 Å². The Bertz CT molecular complexity index is 6780. The van der Waals surface area contributed by atoms with Gasteiger partial charge in [-0.1, -0.05) is 294 Å². The predicted octanol–water partition coefficient (Wildman–Crippen LogP) is 27.8. The number of aromatic nitrogens is 3. The molecular weight excluding hydrogens is 1360 g/mol. The first-order valence-corrected chi connectivity index (χ1v) is 40.9. The van der Waals surface area contributed by atoms with Gasteiger partial charge in [0.15, 0.2) is 0 Å². The van der Waals surface area contributed by atoms with Gasteiger partial charge in [0, 0.05) is 66.0 Å². The quantitative estimate of drug-likeness (QED) is 0.120. The fourth-order valence-corrected chi connectivity index (χ4v) is 19.4. The number of fused-ring (bicyclic) bond motifs is 20. The molecule has 0 saturated carbocycles. The molecule has 5 heterocycles. The summed E-state index contributed by atoms with van der Waals surface area (Å²) in [5.74, 6) is 0. The molecule has 2 aliphatic rings. The van der Waals surface area contributed by atoms with Gasteiger partial charge in [-0.3, -0.25) is 0 Å². The van der Waals surface area contributed by atoms with E-state index < -0.39 is 0 Å². The van der Waals surface area contributed by atoms with Crippen molar-refractivity contribution in [1.82, 2.24) is 13.7 Å². The van der Waals surface area contributed by atoms with Crippen LogP contribution in [-0.2, 0) is 32.5 Å². The van der Waals surface area contributed by atoms with Crippen molar-refractivity contribution in [3.8, 4) is 50.4 Å². The number of rotatable bonds is 6. The standard InChI is InChI=1S/C108H99BN4/c1-103(2,3)67-40-47-73(48-41-67)110-93-54-46-72(108(16,17)18)62-86(93)109-87-63-84-78-35-25-24-33-76(78)77-34-26-27-36-79(77)99(84)100-85-55-65(75-32-23-22-31-74(75)64-29-20-19-21-30-64)39-49-92(85)113(102(87)100)97-57-66(56-96(110)101(97)109)98-94(111-88-50-42-68(104(4,5)6)58-80(88)81-59-69(105(7,8)9)43-51-89(81)111)37-28-38-95(98)112-90-52-44-70(106(10,11)12)60-82(90)83-61-71(107(13,14)15)45-53-91(83)112/h19-63H,1-18H3.